The Morgan fingerprint density at radius 1 is 1.48 bits per heavy atom. The molecule has 0 amide bonds. The summed E-state index contributed by atoms with van der Waals surface area (Å²) in [4.78, 5) is 12.3. The number of ether oxygens (including phenoxy) is 1. The molecule has 4 N–H and O–H groups in total. The normalized spacial score (nSPS) is 12.0. The molecule has 0 aliphatic heterocycles. The maximum Gasteiger partial charge on any atom is 0.345 e. The van der Waals surface area contributed by atoms with E-state index >= 15 is 0 Å². The number of aliphatic hydroxyl groups is 1. The lowest BCUT2D eigenvalue weighted by atomic mass is 10.2. The van der Waals surface area contributed by atoms with Crippen molar-refractivity contribution in [3.05, 3.63) is 34.9 Å². The van der Waals surface area contributed by atoms with Crippen molar-refractivity contribution in [3.63, 3.8) is 0 Å². The predicted octanol–water partition coefficient (Wildman–Crippen LogP) is 3.20. The van der Waals surface area contributed by atoms with Crippen molar-refractivity contribution in [2.75, 3.05) is 17.7 Å². The van der Waals surface area contributed by atoms with Crippen LogP contribution in [0.15, 0.2) is 24.3 Å². The van der Waals surface area contributed by atoms with Gasteiger partial charge >= 0.3 is 5.97 Å². The first-order valence-electron chi connectivity index (χ1n) is 8.20. The number of carbonyl (C=O) groups is 1. The molecule has 0 fully saturated rings. The van der Waals surface area contributed by atoms with Gasteiger partial charge < -0.3 is 20.9 Å². The summed E-state index contributed by atoms with van der Waals surface area (Å²) < 4.78 is 6.49. The fourth-order valence-electron chi connectivity index (χ4n) is 2.43. The van der Waals surface area contributed by atoms with E-state index in [-0.39, 0.29) is 30.4 Å². The number of anilines is 3. The van der Waals surface area contributed by atoms with Gasteiger partial charge in [0, 0.05) is 10.7 Å². The highest BCUT2D eigenvalue weighted by Gasteiger charge is 2.24. The Balaban J connectivity index is 2.36. The zero-order valence-electron chi connectivity index (χ0n) is 14.3. The quantitative estimate of drug-likeness (QED) is 0.620. The molecule has 0 aliphatic carbocycles. The minimum atomic E-state index is -0.596. The summed E-state index contributed by atoms with van der Waals surface area (Å²) >= 11 is 5.99. The number of nitrogen functional groups attached to an aromatic ring is 1. The summed E-state index contributed by atoms with van der Waals surface area (Å²) in [6, 6.07) is 7.02. The number of rotatable bonds is 8. The number of hydrogen-bond acceptors (Lipinski definition) is 6. The highest BCUT2D eigenvalue weighted by Crippen LogP contribution is 2.27. The molecule has 1 atom stereocenters. The minimum Gasteiger partial charge on any atom is -0.462 e. The van der Waals surface area contributed by atoms with Gasteiger partial charge in [-0.2, -0.15) is 5.10 Å². The van der Waals surface area contributed by atoms with Gasteiger partial charge in [-0.25, -0.2) is 9.48 Å². The third-order valence-corrected chi connectivity index (χ3v) is 3.80. The fraction of sp³-hybridized carbons (Fsp3) is 0.412. The third kappa shape index (κ3) is 4.87. The summed E-state index contributed by atoms with van der Waals surface area (Å²) in [7, 11) is 0. The molecular weight excluding hydrogens is 344 g/mol. The second-order valence-electron chi connectivity index (χ2n) is 5.59. The summed E-state index contributed by atoms with van der Waals surface area (Å²) in [5.41, 5.74) is 6.89. The second-order valence-corrected chi connectivity index (χ2v) is 6.03. The Hall–Kier alpha value is -2.25. The summed E-state index contributed by atoms with van der Waals surface area (Å²) in [5.74, 6) is -0.152. The maximum absolute atomic E-state index is 12.3. The van der Waals surface area contributed by atoms with E-state index in [0.29, 0.717) is 17.1 Å². The van der Waals surface area contributed by atoms with Crippen molar-refractivity contribution in [2.24, 2.45) is 0 Å². The van der Waals surface area contributed by atoms with Gasteiger partial charge in [-0.15, -0.1) is 0 Å². The van der Waals surface area contributed by atoms with Crippen molar-refractivity contribution in [2.45, 2.75) is 39.3 Å². The first kappa shape index (κ1) is 19.1. The molecule has 0 bridgehead atoms. The molecule has 7 nitrogen and oxygen atoms in total. The van der Waals surface area contributed by atoms with E-state index in [4.69, 9.17) is 22.1 Å². The molecule has 136 valence electrons. The van der Waals surface area contributed by atoms with Crippen molar-refractivity contribution < 1.29 is 14.6 Å². The number of nitrogens with one attached hydrogen (secondary N) is 1. The lowest BCUT2D eigenvalue weighted by Crippen LogP contribution is -2.18. The Morgan fingerprint density at radius 3 is 2.88 bits per heavy atom. The Bertz CT molecular complexity index is 733. The van der Waals surface area contributed by atoms with Gasteiger partial charge in [0.25, 0.3) is 0 Å². The topological polar surface area (TPSA) is 102 Å². The maximum atomic E-state index is 12.3. The predicted molar refractivity (Wildman–Crippen MR) is 98.2 cm³/mol. The highest BCUT2D eigenvalue weighted by atomic mass is 35.5. The fourth-order valence-corrected chi connectivity index (χ4v) is 2.62. The molecule has 2 aromatic rings. The number of aromatic nitrogens is 2. The Morgan fingerprint density at radius 2 is 2.24 bits per heavy atom. The van der Waals surface area contributed by atoms with Gasteiger partial charge in [-0.05, 0) is 31.5 Å². The first-order valence-corrected chi connectivity index (χ1v) is 8.58. The van der Waals surface area contributed by atoms with E-state index in [1.807, 2.05) is 6.92 Å². The van der Waals surface area contributed by atoms with Crippen LogP contribution in [-0.4, -0.2) is 33.6 Å². The number of nitrogens with two attached hydrogens (primary N) is 1. The Labute approximate surface area is 151 Å². The molecule has 0 saturated carbocycles. The van der Waals surface area contributed by atoms with Crippen LogP contribution in [0.2, 0.25) is 5.02 Å². The molecule has 0 aliphatic rings. The summed E-state index contributed by atoms with van der Waals surface area (Å²) in [5, 5.41) is 18.0. The minimum absolute atomic E-state index is 0.144. The van der Waals surface area contributed by atoms with E-state index in [0.717, 1.165) is 6.42 Å². The van der Waals surface area contributed by atoms with Crippen LogP contribution in [-0.2, 0) is 11.3 Å². The van der Waals surface area contributed by atoms with E-state index in [1.165, 1.54) is 4.68 Å². The molecular formula is C17H23ClN4O3. The number of halogens is 1. The number of nitrogens with zero attached hydrogens (tertiary/aromatic N) is 2. The van der Waals surface area contributed by atoms with Crippen LogP contribution in [0, 0.1) is 0 Å². The molecule has 1 unspecified atom stereocenters. The van der Waals surface area contributed by atoms with Crippen molar-refractivity contribution >= 4 is 34.9 Å². The molecule has 1 aromatic heterocycles. The second kappa shape index (κ2) is 8.73. The SMILES string of the molecule is CCCC(O)Cn1nc(Nc2cccc(Cl)c2)c(C(=O)OCC)c1N. The van der Waals surface area contributed by atoms with Gasteiger partial charge in [0.2, 0.25) is 0 Å². The van der Waals surface area contributed by atoms with E-state index in [1.54, 1.807) is 31.2 Å². The van der Waals surface area contributed by atoms with Crippen LogP contribution >= 0.6 is 11.6 Å². The largest absolute Gasteiger partial charge is 0.462 e. The number of benzene rings is 1. The lowest BCUT2D eigenvalue weighted by Gasteiger charge is -2.10. The van der Waals surface area contributed by atoms with Crippen LogP contribution in [0.3, 0.4) is 0 Å². The highest BCUT2D eigenvalue weighted by molar-refractivity contribution is 6.30. The van der Waals surface area contributed by atoms with Crippen molar-refractivity contribution in [3.8, 4) is 0 Å². The molecule has 8 heteroatoms. The summed E-state index contributed by atoms with van der Waals surface area (Å²) in [6.45, 7) is 4.11. The number of hydrogen-bond donors (Lipinski definition) is 3. The van der Waals surface area contributed by atoms with Gasteiger partial charge in [-0.3, -0.25) is 0 Å². The molecule has 0 spiro atoms. The van der Waals surface area contributed by atoms with Gasteiger partial charge in [0.05, 0.1) is 19.3 Å². The zero-order chi connectivity index (χ0) is 18.4. The van der Waals surface area contributed by atoms with Crippen LogP contribution in [0.5, 0.6) is 0 Å². The van der Waals surface area contributed by atoms with Crippen LogP contribution in [0.1, 0.15) is 37.0 Å². The average molecular weight is 367 g/mol. The van der Waals surface area contributed by atoms with Crippen LogP contribution in [0.4, 0.5) is 17.3 Å². The molecule has 1 heterocycles. The lowest BCUT2D eigenvalue weighted by molar-refractivity contribution is 0.0528. The average Bonchev–Trinajstić information content (AvgIpc) is 2.83. The van der Waals surface area contributed by atoms with Crippen LogP contribution in [0.25, 0.3) is 0 Å². The van der Waals surface area contributed by atoms with E-state index < -0.39 is 12.1 Å². The monoisotopic (exact) mass is 366 g/mol. The van der Waals surface area contributed by atoms with Crippen molar-refractivity contribution in [1.29, 1.82) is 0 Å². The Kier molecular flexibility index (Phi) is 6.66. The summed E-state index contributed by atoms with van der Waals surface area (Å²) in [6.07, 6.45) is 0.854. The zero-order valence-corrected chi connectivity index (χ0v) is 15.1. The first-order chi connectivity index (χ1) is 12.0. The third-order valence-electron chi connectivity index (χ3n) is 3.56. The van der Waals surface area contributed by atoms with Crippen LogP contribution < -0.4 is 11.1 Å². The van der Waals surface area contributed by atoms with E-state index in [2.05, 4.69) is 10.4 Å². The molecule has 2 rings (SSSR count). The number of carbonyl (C=O) groups excluding carboxylic acids is 1. The standard InChI is InChI=1S/C17H23ClN4O3/c1-3-6-13(23)10-22-15(19)14(17(24)25-4-2)16(21-22)20-12-8-5-7-11(18)9-12/h5,7-9,13,23H,3-4,6,10,19H2,1-2H3,(H,20,21). The van der Waals surface area contributed by atoms with Crippen molar-refractivity contribution in [1.82, 2.24) is 9.78 Å². The molecule has 25 heavy (non-hydrogen) atoms. The van der Waals surface area contributed by atoms with E-state index in [9.17, 15) is 9.90 Å². The molecule has 1 aromatic carbocycles. The van der Waals surface area contributed by atoms with Gasteiger partial charge in [0.15, 0.2) is 5.82 Å². The smallest absolute Gasteiger partial charge is 0.345 e. The van der Waals surface area contributed by atoms with Gasteiger partial charge in [-0.1, -0.05) is 31.0 Å². The molecule has 0 radical (unpaired) electrons. The molecule has 0 saturated heterocycles. The number of aliphatic hydroxyl groups excluding tert-OH is 1. The number of esters is 1. The van der Waals surface area contributed by atoms with Gasteiger partial charge in [0.1, 0.15) is 11.4 Å².